The number of nitrogens with one attached hydrogen (secondary N) is 1. The molecular formula is C20H24N2O4S2. The Hall–Kier alpha value is -2.19. The number of anilines is 1. The Bertz CT molecular complexity index is 823. The standard InChI is InChI=1S/C20H24N2O4S2/c1-20(2,3)26-19(23)11-14(13-28-16-7-5-4-6-8-16)21-17-10-9-15(27)12-18(17)22(24)25/h4-10,12,14,21,27H,11,13H2,1-3H3. The van der Waals surface area contributed by atoms with Crippen LogP contribution < -0.4 is 5.32 Å². The monoisotopic (exact) mass is 420 g/mol. The molecule has 0 saturated carbocycles. The van der Waals surface area contributed by atoms with Crippen molar-refractivity contribution in [3.63, 3.8) is 0 Å². The van der Waals surface area contributed by atoms with E-state index in [4.69, 9.17) is 4.74 Å². The zero-order valence-corrected chi connectivity index (χ0v) is 17.8. The van der Waals surface area contributed by atoms with Crippen molar-refractivity contribution < 1.29 is 14.5 Å². The molecular weight excluding hydrogens is 396 g/mol. The molecule has 1 N–H and O–H groups in total. The average molecular weight is 421 g/mol. The molecule has 0 amide bonds. The summed E-state index contributed by atoms with van der Waals surface area (Å²) in [5.74, 6) is 0.190. The van der Waals surface area contributed by atoms with Gasteiger partial charge in [0.15, 0.2) is 0 Å². The van der Waals surface area contributed by atoms with Gasteiger partial charge in [-0.05, 0) is 45.0 Å². The highest BCUT2D eigenvalue weighted by molar-refractivity contribution is 7.99. The van der Waals surface area contributed by atoms with Crippen molar-refractivity contribution in [3.05, 3.63) is 58.6 Å². The molecule has 0 bridgehead atoms. The van der Waals surface area contributed by atoms with Crippen LogP contribution >= 0.6 is 24.4 Å². The first-order valence-electron chi connectivity index (χ1n) is 8.77. The summed E-state index contributed by atoms with van der Waals surface area (Å²) >= 11 is 5.74. The predicted molar refractivity (Wildman–Crippen MR) is 115 cm³/mol. The molecule has 2 aromatic rings. The first-order valence-corrected chi connectivity index (χ1v) is 10.2. The maximum Gasteiger partial charge on any atom is 0.308 e. The summed E-state index contributed by atoms with van der Waals surface area (Å²) in [6.45, 7) is 5.42. The number of esters is 1. The summed E-state index contributed by atoms with van der Waals surface area (Å²) < 4.78 is 5.42. The van der Waals surface area contributed by atoms with E-state index in [2.05, 4.69) is 17.9 Å². The van der Waals surface area contributed by atoms with Gasteiger partial charge in [0.25, 0.3) is 5.69 Å². The molecule has 28 heavy (non-hydrogen) atoms. The SMILES string of the molecule is CC(C)(C)OC(=O)CC(CSc1ccccc1)Nc1ccc(S)cc1[N+](=O)[O-]. The highest BCUT2D eigenvalue weighted by Crippen LogP contribution is 2.29. The van der Waals surface area contributed by atoms with Gasteiger partial charge in [-0.2, -0.15) is 0 Å². The van der Waals surface area contributed by atoms with Gasteiger partial charge in [-0.1, -0.05) is 18.2 Å². The Morgan fingerprint density at radius 2 is 1.93 bits per heavy atom. The number of carbonyl (C=O) groups excluding carboxylic acids is 1. The van der Waals surface area contributed by atoms with Gasteiger partial charge in [0, 0.05) is 27.7 Å². The average Bonchev–Trinajstić information content (AvgIpc) is 2.60. The highest BCUT2D eigenvalue weighted by atomic mass is 32.2. The van der Waals surface area contributed by atoms with Crippen molar-refractivity contribution in [3.8, 4) is 0 Å². The van der Waals surface area contributed by atoms with Gasteiger partial charge in [0.1, 0.15) is 11.3 Å². The van der Waals surface area contributed by atoms with Crippen molar-refractivity contribution in [2.24, 2.45) is 0 Å². The third-order valence-corrected chi connectivity index (χ3v) is 5.02. The highest BCUT2D eigenvalue weighted by Gasteiger charge is 2.23. The number of ether oxygens (including phenoxy) is 1. The molecule has 0 aliphatic rings. The minimum absolute atomic E-state index is 0.0774. The third kappa shape index (κ3) is 7.44. The molecule has 1 unspecified atom stereocenters. The van der Waals surface area contributed by atoms with E-state index in [1.54, 1.807) is 23.9 Å². The number of thiol groups is 1. The van der Waals surface area contributed by atoms with Crippen molar-refractivity contribution >= 4 is 41.7 Å². The van der Waals surface area contributed by atoms with Gasteiger partial charge in [-0.3, -0.25) is 14.9 Å². The Labute approximate surface area is 174 Å². The number of benzene rings is 2. The molecule has 2 rings (SSSR count). The summed E-state index contributed by atoms with van der Waals surface area (Å²) in [5, 5.41) is 14.5. The number of nitro groups is 1. The van der Waals surface area contributed by atoms with E-state index < -0.39 is 10.5 Å². The molecule has 0 aliphatic carbocycles. The van der Waals surface area contributed by atoms with Crippen LogP contribution in [-0.2, 0) is 9.53 Å². The summed E-state index contributed by atoms with van der Waals surface area (Å²) in [5.41, 5.74) is -0.315. The molecule has 0 heterocycles. The van der Waals surface area contributed by atoms with E-state index in [9.17, 15) is 14.9 Å². The van der Waals surface area contributed by atoms with Crippen molar-refractivity contribution in [2.75, 3.05) is 11.1 Å². The van der Waals surface area contributed by atoms with Crippen LogP contribution in [0.1, 0.15) is 27.2 Å². The maximum absolute atomic E-state index is 12.3. The fourth-order valence-corrected chi connectivity index (χ4v) is 3.60. The Morgan fingerprint density at radius 1 is 1.25 bits per heavy atom. The number of thioether (sulfide) groups is 1. The van der Waals surface area contributed by atoms with Crippen LogP contribution in [0.5, 0.6) is 0 Å². The molecule has 0 spiro atoms. The van der Waals surface area contributed by atoms with Crippen molar-refractivity contribution in [2.45, 2.75) is 48.6 Å². The first-order chi connectivity index (χ1) is 13.1. The lowest BCUT2D eigenvalue weighted by Crippen LogP contribution is -2.31. The van der Waals surface area contributed by atoms with E-state index in [1.165, 1.54) is 6.07 Å². The minimum Gasteiger partial charge on any atom is -0.460 e. The lowest BCUT2D eigenvalue weighted by molar-refractivity contribution is -0.384. The summed E-state index contributed by atoms with van der Waals surface area (Å²) in [6, 6.07) is 14.1. The number of rotatable bonds is 8. The van der Waals surface area contributed by atoms with Gasteiger partial charge < -0.3 is 10.1 Å². The Morgan fingerprint density at radius 3 is 2.54 bits per heavy atom. The third-order valence-electron chi connectivity index (χ3n) is 3.57. The largest absolute Gasteiger partial charge is 0.460 e. The smallest absolute Gasteiger partial charge is 0.308 e. The number of nitro benzene ring substituents is 1. The van der Waals surface area contributed by atoms with Gasteiger partial charge in [-0.25, -0.2) is 0 Å². The predicted octanol–water partition coefficient (Wildman–Crippen LogP) is 5.19. The lowest BCUT2D eigenvalue weighted by Gasteiger charge is -2.23. The minimum atomic E-state index is -0.589. The maximum atomic E-state index is 12.3. The second kappa shape index (κ2) is 9.84. The normalized spacial score (nSPS) is 12.3. The van der Waals surface area contributed by atoms with Gasteiger partial charge in [0.05, 0.1) is 11.3 Å². The van der Waals surface area contributed by atoms with Crippen molar-refractivity contribution in [1.82, 2.24) is 0 Å². The van der Waals surface area contributed by atoms with E-state index >= 15 is 0 Å². The van der Waals surface area contributed by atoms with E-state index in [-0.39, 0.29) is 24.1 Å². The second-order valence-corrected chi connectivity index (χ2v) is 8.82. The summed E-state index contributed by atoms with van der Waals surface area (Å²) in [4.78, 5) is 24.8. The number of hydrogen-bond acceptors (Lipinski definition) is 7. The zero-order chi connectivity index (χ0) is 20.7. The van der Waals surface area contributed by atoms with Crippen LogP contribution in [0.3, 0.4) is 0 Å². The van der Waals surface area contributed by atoms with Crippen molar-refractivity contribution in [1.29, 1.82) is 0 Å². The summed E-state index contributed by atoms with van der Waals surface area (Å²) in [7, 11) is 0. The van der Waals surface area contributed by atoms with Crippen LogP contribution in [0.25, 0.3) is 0 Å². The van der Waals surface area contributed by atoms with E-state index in [0.717, 1.165) is 4.90 Å². The molecule has 150 valence electrons. The molecule has 0 saturated heterocycles. The van der Waals surface area contributed by atoms with Gasteiger partial charge >= 0.3 is 5.97 Å². The molecule has 1 atom stereocenters. The van der Waals surface area contributed by atoms with E-state index in [1.807, 2.05) is 51.1 Å². The molecule has 0 aromatic heterocycles. The molecule has 0 radical (unpaired) electrons. The van der Waals surface area contributed by atoms with Gasteiger partial charge in [-0.15, -0.1) is 24.4 Å². The molecule has 0 fully saturated rings. The second-order valence-electron chi connectivity index (χ2n) is 7.21. The quantitative estimate of drug-likeness (QED) is 0.201. The van der Waals surface area contributed by atoms with Crippen LogP contribution in [0.4, 0.5) is 11.4 Å². The fraction of sp³-hybridized carbons (Fsp3) is 0.350. The van der Waals surface area contributed by atoms with Crippen LogP contribution in [-0.4, -0.2) is 28.3 Å². The number of carbonyl (C=O) groups is 1. The van der Waals surface area contributed by atoms with Crippen LogP contribution in [0, 0.1) is 10.1 Å². The number of nitrogens with zero attached hydrogens (tertiary/aromatic N) is 1. The topological polar surface area (TPSA) is 81.5 Å². The van der Waals surface area contributed by atoms with Crippen LogP contribution in [0.15, 0.2) is 58.3 Å². The van der Waals surface area contributed by atoms with E-state index in [0.29, 0.717) is 16.3 Å². The Kier molecular flexibility index (Phi) is 7.77. The molecule has 2 aromatic carbocycles. The summed E-state index contributed by atoms with van der Waals surface area (Å²) in [6.07, 6.45) is 0.0941. The fourth-order valence-electron chi connectivity index (χ4n) is 2.46. The lowest BCUT2D eigenvalue weighted by atomic mass is 10.1. The molecule has 8 heteroatoms. The zero-order valence-electron chi connectivity index (χ0n) is 16.0. The number of hydrogen-bond donors (Lipinski definition) is 2. The first kappa shape index (κ1) is 22.1. The molecule has 0 aliphatic heterocycles. The Balaban J connectivity index is 2.17. The molecule has 6 nitrogen and oxygen atoms in total. The van der Waals surface area contributed by atoms with Gasteiger partial charge in [0.2, 0.25) is 0 Å². The van der Waals surface area contributed by atoms with Crippen LogP contribution in [0.2, 0.25) is 0 Å².